The number of ether oxygens (including phenoxy) is 1. The molecule has 0 spiro atoms. The molecule has 0 bridgehead atoms. The molecular formula is C21H32FIN4O2. The van der Waals surface area contributed by atoms with E-state index in [9.17, 15) is 4.39 Å². The van der Waals surface area contributed by atoms with Crippen LogP contribution in [0.2, 0.25) is 0 Å². The maximum atomic E-state index is 12.8. The normalized spacial score (nSPS) is 11.3. The predicted octanol–water partition coefficient (Wildman–Crippen LogP) is 4.86. The van der Waals surface area contributed by atoms with E-state index in [4.69, 9.17) is 9.26 Å². The third kappa shape index (κ3) is 9.01. The minimum atomic E-state index is -0.257. The Balaban J connectivity index is 0.00000420. The molecule has 6 nitrogen and oxygen atoms in total. The minimum Gasteiger partial charge on any atom is -0.494 e. The first-order chi connectivity index (χ1) is 13.7. The van der Waals surface area contributed by atoms with E-state index in [0.717, 1.165) is 49.6 Å². The summed E-state index contributed by atoms with van der Waals surface area (Å²) in [7, 11) is 1.74. The number of aromatic nitrogens is 1. The molecule has 162 valence electrons. The second-order valence-electron chi connectivity index (χ2n) is 6.59. The highest BCUT2D eigenvalue weighted by molar-refractivity contribution is 14.0. The van der Waals surface area contributed by atoms with Crippen LogP contribution in [0.15, 0.2) is 39.8 Å². The average molecular weight is 518 g/mol. The van der Waals surface area contributed by atoms with Crippen molar-refractivity contribution in [1.82, 2.24) is 15.8 Å². The number of aliphatic imine (C=N–C) groups is 1. The van der Waals surface area contributed by atoms with Crippen LogP contribution < -0.4 is 15.4 Å². The predicted molar refractivity (Wildman–Crippen MR) is 125 cm³/mol. The summed E-state index contributed by atoms with van der Waals surface area (Å²) in [5.41, 5.74) is 1.02. The Morgan fingerprint density at radius 1 is 1.17 bits per heavy atom. The minimum absolute atomic E-state index is 0. The SMILES string of the molecule is CCC(CC)c1cc(CNC(=NC)NCCCCOc2ccc(F)cc2)on1.I. The molecule has 0 radical (unpaired) electrons. The number of nitrogens with zero attached hydrogens (tertiary/aromatic N) is 2. The maximum Gasteiger partial charge on any atom is 0.191 e. The van der Waals surface area contributed by atoms with Gasteiger partial charge in [-0.25, -0.2) is 4.39 Å². The summed E-state index contributed by atoms with van der Waals surface area (Å²) in [5, 5.41) is 10.7. The van der Waals surface area contributed by atoms with Gasteiger partial charge >= 0.3 is 0 Å². The highest BCUT2D eigenvalue weighted by Crippen LogP contribution is 2.22. The zero-order valence-corrected chi connectivity index (χ0v) is 19.7. The number of unbranched alkanes of at least 4 members (excludes halogenated alkanes) is 1. The first-order valence-electron chi connectivity index (χ1n) is 9.94. The lowest BCUT2D eigenvalue weighted by atomic mass is 9.99. The smallest absolute Gasteiger partial charge is 0.191 e. The number of halogens is 2. The number of hydrogen-bond acceptors (Lipinski definition) is 4. The fourth-order valence-electron chi connectivity index (χ4n) is 2.86. The molecule has 1 aromatic heterocycles. The van der Waals surface area contributed by atoms with E-state index in [1.807, 2.05) is 6.07 Å². The van der Waals surface area contributed by atoms with Gasteiger partial charge in [0.05, 0.1) is 18.8 Å². The van der Waals surface area contributed by atoms with Gasteiger partial charge < -0.3 is 19.9 Å². The van der Waals surface area contributed by atoms with Gasteiger partial charge in [-0.05, 0) is 49.9 Å². The molecule has 0 aliphatic rings. The molecule has 1 heterocycles. The highest BCUT2D eigenvalue weighted by Gasteiger charge is 2.13. The van der Waals surface area contributed by atoms with Crippen LogP contribution in [0.25, 0.3) is 0 Å². The second kappa shape index (κ2) is 14.2. The monoisotopic (exact) mass is 518 g/mol. The molecule has 0 atom stereocenters. The van der Waals surface area contributed by atoms with Gasteiger partial charge in [-0.3, -0.25) is 4.99 Å². The molecule has 2 N–H and O–H groups in total. The highest BCUT2D eigenvalue weighted by atomic mass is 127. The molecule has 0 aliphatic carbocycles. The Kier molecular flexibility index (Phi) is 12.3. The Hall–Kier alpha value is -1.84. The summed E-state index contributed by atoms with van der Waals surface area (Å²) >= 11 is 0. The van der Waals surface area contributed by atoms with Gasteiger partial charge in [-0.1, -0.05) is 19.0 Å². The molecule has 8 heteroatoms. The van der Waals surface area contributed by atoms with Crippen molar-refractivity contribution < 1.29 is 13.7 Å². The van der Waals surface area contributed by atoms with Gasteiger partial charge in [0.15, 0.2) is 11.7 Å². The van der Waals surface area contributed by atoms with E-state index in [-0.39, 0.29) is 29.8 Å². The van der Waals surface area contributed by atoms with Gasteiger partial charge in [0.25, 0.3) is 0 Å². The van der Waals surface area contributed by atoms with Gasteiger partial charge in [-0.15, -0.1) is 24.0 Å². The third-order valence-electron chi connectivity index (χ3n) is 4.58. The fourth-order valence-corrected chi connectivity index (χ4v) is 2.86. The van der Waals surface area contributed by atoms with Crippen molar-refractivity contribution in [3.8, 4) is 5.75 Å². The lowest BCUT2D eigenvalue weighted by Gasteiger charge is -2.11. The van der Waals surface area contributed by atoms with E-state index >= 15 is 0 Å². The van der Waals surface area contributed by atoms with Crippen LogP contribution in [0, 0.1) is 5.82 Å². The van der Waals surface area contributed by atoms with Crippen molar-refractivity contribution in [2.75, 3.05) is 20.2 Å². The van der Waals surface area contributed by atoms with Gasteiger partial charge in [0.1, 0.15) is 11.6 Å². The first-order valence-corrected chi connectivity index (χ1v) is 9.94. The topological polar surface area (TPSA) is 71.7 Å². The van der Waals surface area contributed by atoms with Crippen molar-refractivity contribution >= 4 is 29.9 Å². The van der Waals surface area contributed by atoms with Crippen molar-refractivity contribution in [1.29, 1.82) is 0 Å². The van der Waals surface area contributed by atoms with Gasteiger partial charge in [0, 0.05) is 25.6 Å². The lowest BCUT2D eigenvalue weighted by Crippen LogP contribution is -2.37. The van der Waals surface area contributed by atoms with Crippen molar-refractivity contribution in [3.05, 3.63) is 47.6 Å². The lowest BCUT2D eigenvalue weighted by molar-refractivity contribution is 0.306. The van der Waals surface area contributed by atoms with Crippen LogP contribution in [-0.4, -0.2) is 31.3 Å². The van der Waals surface area contributed by atoms with Crippen LogP contribution in [-0.2, 0) is 6.54 Å². The van der Waals surface area contributed by atoms with Gasteiger partial charge in [-0.2, -0.15) is 0 Å². The molecule has 2 aromatic rings. The summed E-state index contributed by atoms with van der Waals surface area (Å²) < 4.78 is 23.8. The molecule has 0 saturated carbocycles. The van der Waals surface area contributed by atoms with E-state index in [1.54, 1.807) is 19.2 Å². The van der Waals surface area contributed by atoms with Crippen molar-refractivity contribution in [3.63, 3.8) is 0 Å². The molecule has 29 heavy (non-hydrogen) atoms. The van der Waals surface area contributed by atoms with Crippen LogP contribution in [0.4, 0.5) is 4.39 Å². The van der Waals surface area contributed by atoms with Crippen molar-refractivity contribution in [2.24, 2.45) is 4.99 Å². The molecule has 0 fully saturated rings. The van der Waals surface area contributed by atoms with Crippen LogP contribution in [0.1, 0.15) is 56.9 Å². The zero-order chi connectivity index (χ0) is 20.2. The molecule has 0 saturated heterocycles. The van der Waals surface area contributed by atoms with E-state index in [0.29, 0.717) is 24.8 Å². The van der Waals surface area contributed by atoms with E-state index in [1.165, 1.54) is 12.1 Å². The zero-order valence-electron chi connectivity index (χ0n) is 17.4. The summed E-state index contributed by atoms with van der Waals surface area (Å²) in [6.45, 7) is 6.24. The van der Waals surface area contributed by atoms with Crippen LogP contribution in [0.3, 0.4) is 0 Å². The van der Waals surface area contributed by atoms with Crippen LogP contribution in [0.5, 0.6) is 5.75 Å². The number of rotatable bonds is 11. The number of benzene rings is 1. The summed E-state index contributed by atoms with van der Waals surface area (Å²) in [5.74, 6) is 2.41. The molecule has 2 rings (SSSR count). The first kappa shape index (κ1) is 25.2. The Bertz CT molecular complexity index is 718. The fraction of sp³-hybridized carbons (Fsp3) is 0.524. The van der Waals surface area contributed by atoms with Gasteiger partial charge in [0.2, 0.25) is 0 Å². The van der Waals surface area contributed by atoms with Crippen LogP contribution >= 0.6 is 24.0 Å². The molecular weight excluding hydrogens is 486 g/mol. The number of hydrogen-bond donors (Lipinski definition) is 2. The summed E-state index contributed by atoms with van der Waals surface area (Å²) in [6, 6.07) is 8.09. The molecule has 0 amide bonds. The average Bonchev–Trinajstić information content (AvgIpc) is 3.18. The molecule has 0 aliphatic heterocycles. The Morgan fingerprint density at radius 3 is 2.55 bits per heavy atom. The Labute approximate surface area is 189 Å². The number of guanidine groups is 1. The van der Waals surface area contributed by atoms with E-state index < -0.39 is 0 Å². The second-order valence-corrected chi connectivity index (χ2v) is 6.59. The van der Waals surface area contributed by atoms with E-state index in [2.05, 4.69) is 34.6 Å². The standard InChI is InChI=1S/C21H31FN4O2.HI/c1-4-16(5-2)20-14-19(28-26-20)15-25-21(23-3)24-12-6-7-13-27-18-10-8-17(22)9-11-18;/h8-11,14,16H,4-7,12-13,15H2,1-3H3,(H2,23,24,25);1H. The summed E-state index contributed by atoms with van der Waals surface area (Å²) in [4.78, 5) is 4.22. The maximum absolute atomic E-state index is 12.8. The van der Waals surface area contributed by atoms with Crippen molar-refractivity contribution in [2.45, 2.75) is 52.0 Å². The quantitative estimate of drug-likeness (QED) is 0.193. The molecule has 1 aromatic carbocycles. The molecule has 0 unspecified atom stereocenters. The number of nitrogens with one attached hydrogen (secondary N) is 2. The Morgan fingerprint density at radius 2 is 1.90 bits per heavy atom. The third-order valence-corrected chi connectivity index (χ3v) is 4.58. The largest absolute Gasteiger partial charge is 0.494 e. The summed E-state index contributed by atoms with van der Waals surface area (Å²) in [6.07, 6.45) is 3.94.